The molecular weight excluding hydrogens is 384 g/mol. The lowest BCUT2D eigenvalue weighted by molar-refractivity contribution is -0.118. The van der Waals surface area contributed by atoms with Crippen LogP contribution in [-0.4, -0.2) is 26.7 Å². The second-order valence-corrected chi connectivity index (χ2v) is 9.09. The van der Waals surface area contributed by atoms with Gasteiger partial charge in [-0.15, -0.1) is 11.8 Å². The second-order valence-electron chi connectivity index (χ2n) is 6.26. The van der Waals surface area contributed by atoms with Crippen LogP contribution in [0.2, 0.25) is 0 Å². The van der Waals surface area contributed by atoms with Crippen molar-refractivity contribution < 1.29 is 17.9 Å². The van der Waals surface area contributed by atoms with E-state index in [1.54, 1.807) is 23.9 Å². The van der Waals surface area contributed by atoms with Crippen molar-refractivity contribution >= 4 is 33.4 Å². The summed E-state index contributed by atoms with van der Waals surface area (Å²) in [5.74, 6) is 1.19. The largest absolute Gasteiger partial charge is 0.494 e. The van der Waals surface area contributed by atoms with E-state index in [1.807, 2.05) is 38.1 Å². The SMILES string of the molecule is CCOc1ccc(CNS(=O)(=O)c2ccc3c(c2)NC(=O)[C@H](C)CS3)cc1. The third-order valence-corrected chi connectivity index (χ3v) is 6.89. The summed E-state index contributed by atoms with van der Waals surface area (Å²) < 4.78 is 33.3. The Morgan fingerprint density at radius 2 is 1.96 bits per heavy atom. The number of fused-ring (bicyclic) bond motifs is 1. The quantitative estimate of drug-likeness (QED) is 0.769. The Kier molecular flexibility index (Phi) is 6.08. The highest BCUT2D eigenvalue weighted by Gasteiger charge is 2.22. The molecule has 1 aliphatic rings. The number of hydrogen-bond acceptors (Lipinski definition) is 5. The van der Waals surface area contributed by atoms with Crippen molar-refractivity contribution in [3.8, 4) is 5.75 Å². The van der Waals surface area contributed by atoms with Gasteiger partial charge in [0.1, 0.15) is 5.75 Å². The van der Waals surface area contributed by atoms with Gasteiger partial charge < -0.3 is 10.1 Å². The fourth-order valence-corrected chi connectivity index (χ4v) is 4.63. The molecule has 0 unspecified atom stereocenters. The summed E-state index contributed by atoms with van der Waals surface area (Å²) in [6, 6.07) is 12.1. The van der Waals surface area contributed by atoms with Crippen molar-refractivity contribution in [2.24, 2.45) is 5.92 Å². The fourth-order valence-electron chi connectivity index (χ4n) is 2.58. The molecule has 2 N–H and O–H groups in total. The summed E-state index contributed by atoms with van der Waals surface area (Å²) in [6.07, 6.45) is 0. The minimum atomic E-state index is -3.70. The van der Waals surface area contributed by atoms with Crippen molar-refractivity contribution in [2.45, 2.75) is 30.2 Å². The van der Waals surface area contributed by atoms with Crippen LogP contribution in [0.15, 0.2) is 52.3 Å². The smallest absolute Gasteiger partial charge is 0.240 e. The van der Waals surface area contributed by atoms with Gasteiger partial charge in [0.15, 0.2) is 0 Å². The molecule has 1 atom stereocenters. The Morgan fingerprint density at radius 3 is 2.67 bits per heavy atom. The summed E-state index contributed by atoms with van der Waals surface area (Å²) in [6.45, 7) is 4.51. The number of amides is 1. The van der Waals surface area contributed by atoms with Gasteiger partial charge in [-0.2, -0.15) is 0 Å². The van der Waals surface area contributed by atoms with E-state index in [4.69, 9.17) is 4.74 Å². The Hall–Kier alpha value is -2.03. The topological polar surface area (TPSA) is 84.5 Å². The molecule has 144 valence electrons. The molecule has 2 aromatic rings. The summed E-state index contributed by atoms with van der Waals surface area (Å²) >= 11 is 1.55. The van der Waals surface area contributed by atoms with Crippen LogP contribution >= 0.6 is 11.8 Å². The van der Waals surface area contributed by atoms with Gasteiger partial charge in [-0.1, -0.05) is 19.1 Å². The van der Waals surface area contributed by atoms with Crippen molar-refractivity contribution in [3.05, 3.63) is 48.0 Å². The van der Waals surface area contributed by atoms with Gasteiger partial charge in [0.05, 0.1) is 17.2 Å². The summed E-state index contributed by atoms with van der Waals surface area (Å²) in [4.78, 5) is 13.0. The maximum Gasteiger partial charge on any atom is 0.240 e. The standard InChI is InChI=1S/C19H22N2O4S2/c1-3-25-15-6-4-14(5-7-15)11-20-27(23,24)16-8-9-18-17(10-16)21-19(22)13(2)12-26-18/h4-10,13,20H,3,11-12H2,1-2H3,(H,21,22)/t13-/m1/s1. The first kappa shape index (κ1) is 19.7. The van der Waals surface area contributed by atoms with Gasteiger partial charge in [0.2, 0.25) is 15.9 Å². The van der Waals surface area contributed by atoms with Gasteiger partial charge in [-0.25, -0.2) is 13.1 Å². The molecule has 2 aromatic carbocycles. The second kappa shape index (κ2) is 8.33. The summed E-state index contributed by atoms with van der Waals surface area (Å²) in [5.41, 5.74) is 1.37. The molecule has 1 amide bonds. The highest BCUT2D eigenvalue weighted by atomic mass is 32.2. The number of nitrogens with one attached hydrogen (secondary N) is 2. The molecule has 6 nitrogen and oxygen atoms in total. The molecule has 3 rings (SSSR count). The van der Waals surface area contributed by atoms with E-state index in [-0.39, 0.29) is 23.3 Å². The predicted octanol–water partition coefficient (Wildman–Crippen LogP) is 3.24. The van der Waals surface area contributed by atoms with Crippen molar-refractivity contribution in [1.82, 2.24) is 4.72 Å². The molecule has 0 radical (unpaired) electrons. The van der Waals surface area contributed by atoms with Crippen molar-refractivity contribution in [3.63, 3.8) is 0 Å². The number of carbonyl (C=O) groups excluding carboxylic acids is 1. The molecule has 0 aromatic heterocycles. The third kappa shape index (κ3) is 4.82. The first-order valence-corrected chi connectivity index (χ1v) is 11.1. The van der Waals surface area contributed by atoms with Crippen LogP contribution in [-0.2, 0) is 21.4 Å². The molecule has 1 aliphatic heterocycles. The monoisotopic (exact) mass is 406 g/mol. The van der Waals surface area contributed by atoms with Crippen LogP contribution in [0.25, 0.3) is 0 Å². The Bertz CT molecular complexity index is 927. The molecule has 8 heteroatoms. The lowest BCUT2D eigenvalue weighted by Crippen LogP contribution is -2.24. The molecule has 0 bridgehead atoms. The highest BCUT2D eigenvalue weighted by Crippen LogP contribution is 2.34. The van der Waals surface area contributed by atoms with E-state index < -0.39 is 10.0 Å². The molecule has 0 aliphatic carbocycles. The van der Waals surface area contributed by atoms with E-state index >= 15 is 0 Å². The van der Waals surface area contributed by atoms with E-state index in [1.165, 1.54) is 6.07 Å². The Labute approximate surface area is 163 Å². The maximum atomic E-state index is 12.6. The minimum Gasteiger partial charge on any atom is -0.494 e. The zero-order chi connectivity index (χ0) is 19.4. The third-order valence-electron chi connectivity index (χ3n) is 4.16. The van der Waals surface area contributed by atoms with E-state index in [0.717, 1.165) is 16.2 Å². The average Bonchev–Trinajstić information content (AvgIpc) is 2.80. The number of ether oxygens (including phenoxy) is 1. The molecule has 27 heavy (non-hydrogen) atoms. The number of carbonyl (C=O) groups is 1. The van der Waals surface area contributed by atoms with E-state index in [2.05, 4.69) is 10.0 Å². The molecule has 0 fully saturated rings. The first-order valence-electron chi connectivity index (χ1n) is 8.68. The molecule has 0 spiro atoms. The van der Waals surface area contributed by atoms with Crippen LogP contribution in [0.4, 0.5) is 5.69 Å². The van der Waals surface area contributed by atoms with Crippen LogP contribution in [0.1, 0.15) is 19.4 Å². The van der Waals surface area contributed by atoms with Crippen LogP contribution in [0.3, 0.4) is 0 Å². The van der Waals surface area contributed by atoms with Crippen molar-refractivity contribution in [2.75, 3.05) is 17.7 Å². The molecule has 1 heterocycles. The fraction of sp³-hybridized carbons (Fsp3) is 0.316. The summed E-state index contributed by atoms with van der Waals surface area (Å²) in [5, 5.41) is 2.81. The molecular formula is C19H22N2O4S2. The number of hydrogen-bond donors (Lipinski definition) is 2. The van der Waals surface area contributed by atoms with E-state index in [9.17, 15) is 13.2 Å². The van der Waals surface area contributed by atoms with Gasteiger partial charge in [-0.3, -0.25) is 4.79 Å². The highest BCUT2D eigenvalue weighted by molar-refractivity contribution is 7.99. The van der Waals surface area contributed by atoms with Gasteiger partial charge in [0, 0.05) is 23.1 Å². The summed E-state index contributed by atoms with van der Waals surface area (Å²) in [7, 11) is -3.70. The zero-order valence-corrected chi connectivity index (χ0v) is 16.8. The van der Waals surface area contributed by atoms with Crippen LogP contribution in [0.5, 0.6) is 5.75 Å². The predicted molar refractivity (Wildman–Crippen MR) is 107 cm³/mol. The van der Waals surface area contributed by atoms with Gasteiger partial charge in [0.25, 0.3) is 0 Å². The van der Waals surface area contributed by atoms with Crippen LogP contribution in [0, 0.1) is 5.92 Å². The number of thioether (sulfide) groups is 1. The van der Waals surface area contributed by atoms with Gasteiger partial charge >= 0.3 is 0 Å². The normalized spacial score (nSPS) is 17.0. The first-order chi connectivity index (χ1) is 12.9. The molecule has 0 saturated heterocycles. The zero-order valence-electron chi connectivity index (χ0n) is 15.2. The lowest BCUT2D eigenvalue weighted by atomic mass is 10.2. The number of rotatable bonds is 6. The number of benzene rings is 2. The lowest BCUT2D eigenvalue weighted by Gasteiger charge is -2.11. The molecule has 0 saturated carbocycles. The Morgan fingerprint density at radius 1 is 1.22 bits per heavy atom. The van der Waals surface area contributed by atoms with Crippen LogP contribution < -0.4 is 14.8 Å². The number of anilines is 1. The number of sulfonamides is 1. The van der Waals surface area contributed by atoms with Crippen molar-refractivity contribution in [1.29, 1.82) is 0 Å². The van der Waals surface area contributed by atoms with Gasteiger partial charge in [-0.05, 0) is 42.8 Å². The Balaban J connectivity index is 1.73. The maximum absolute atomic E-state index is 12.6. The minimum absolute atomic E-state index is 0.0989. The average molecular weight is 407 g/mol. The van der Waals surface area contributed by atoms with E-state index in [0.29, 0.717) is 18.0 Å².